The number of likely N-dealkylation sites (N-methyl/N-ethyl adjacent to an activating group) is 1. The predicted molar refractivity (Wildman–Crippen MR) is 67.7 cm³/mol. The molecule has 15 heavy (non-hydrogen) atoms. The number of rotatable bonds is 6. The van der Waals surface area contributed by atoms with Crippen LogP contribution in [0.1, 0.15) is 17.0 Å². The van der Waals surface area contributed by atoms with Gasteiger partial charge in [0.1, 0.15) is 0 Å². The molecule has 0 saturated carbocycles. The predicted octanol–water partition coefficient (Wildman–Crippen LogP) is 1.62. The third-order valence-corrected chi connectivity index (χ3v) is 3.25. The van der Waals surface area contributed by atoms with Crippen LogP contribution in [-0.4, -0.2) is 35.4 Å². The van der Waals surface area contributed by atoms with Crippen LogP contribution < -0.4 is 5.32 Å². The number of thioether (sulfide) groups is 1. The summed E-state index contributed by atoms with van der Waals surface area (Å²) in [4.78, 5) is 0. The van der Waals surface area contributed by atoms with E-state index in [0.29, 0.717) is 0 Å². The monoisotopic (exact) mass is 227 g/mol. The molecule has 3 nitrogen and oxygen atoms in total. The van der Waals surface area contributed by atoms with Crippen LogP contribution in [0, 0.1) is 13.8 Å². The molecule has 0 unspecified atom stereocenters. The largest absolute Gasteiger partial charge is 0.319 e. The molecule has 0 atom stereocenters. The van der Waals surface area contributed by atoms with Crippen molar-refractivity contribution in [1.82, 2.24) is 15.1 Å². The van der Waals surface area contributed by atoms with E-state index < -0.39 is 0 Å². The Bertz CT molecular complexity index is 307. The topological polar surface area (TPSA) is 29.9 Å². The number of hydrogen-bond donors (Lipinski definition) is 1. The van der Waals surface area contributed by atoms with E-state index in [4.69, 9.17) is 0 Å². The van der Waals surface area contributed by atoms with Gasteiger partial charge in [-0.15, -0.1) is 0 Å². The second-order valence-electron chi connectivity index (χ2n) is 3.72. The van der Waals surface area contributed by atoms with Crippen LogP contribution in [0.25, 0.3) is 0 Å². The van der Waals surface area contributed by atoms with E-state index in [-0.39, 0.29) is 0 Å². The smallest absolute Gasteiger partial charge is 0.0628 e. The Morgan fingerprint density at radius 2 is 2.13 bits per heavy atom. The van der Waals surface area contributed by atoms with E-state index in [1.165, 1.54) is 17.0 Å². The van der Waals surface area contributed by atoms with Crippen molar-refractivity contribution in [2.24, 2.45) is 0 Å². The number of aryl methyl sites for hydroxylation is 2. The number of aromatic nitrogens is 2. The highest BCUT2D eigenvalue weighted by Gasteiger charge is 2.09. The third-order valence-electron chi connectivity index (χ3n) is 2.66. The van der Waals surface area contributed by atoms with Crippen molar-refractivity contribution in [3.05, 3.63) is 17.0 Å². The van der Waals surface area contributed by atoms with Crippen LogP contribution in [0.4, 0.5) is 0 Å². The van der Waals surface area contributed by atoms with Gasteiger partial charge < -0.3 is 5.32 Å². The summed E-state index contributed by atoms with van der Waals surface area (Å²) in [6.45, 7) is 6.32. The van der Waals surface area contributed by atoms with Gasteiger partial charge >= 0.3 is 0 Å². The first kappa shape index (κ1) is 12.6. The van der Waals surface area contributed by atoms with Crippen molar-refractivity contribution in [3.8, 4) is 0 Å². The molecule has 0 bridgehead atoms. The van der Waals surface area contributed by atoms with Crippen LogP contribution in [0.15, 0.2) is 0 Å². The lowest BCUT2D eigenvalue weighted by atomic mass is 10.1. The fourth-order valence-electron chi connectivity index (χ4n) is 1.74. The molecular weight excluding hydrogens is 206 g/mol. The lowest BCUT2D eigenvalue weighted by Crippen LogP contribution is -2.11. The fourth-order valence-corrected chi connectivity index (χ4v) is 2.10. The average Bonchev–Trinajstić information content (AvgIpc) is 2.49. The van der Waals surface area contributed by atoms with Crippen molar-refractivity contribution in [2.75, 3.05) is 25.6 Å². The Balaban J connectivity index is 2.74. The molecule has 86 valence electrons. The zero-order valence-electron chi connectivity index (χ0n) is 10.1. The van der Waals surface area contributed by atoms with Gasteiger partial charge in [-0.1, -0.05) is 0 Å². The number of nitrogens with one attached hydrogen (secondary N) is 1. The van der Waals surface area contributed by atoms with Crippen molar-refractivity contribution >= 4 is 11.8 Å². The maximum absolute atomic E-state index is 4.58. The molecule has 0 amide bonds. The van der Waals surface area contributed by atoms with Crippen molar-refractivity contribution in [2.45, 2.75) is 26.8 Å². The van der Waals surface area contributed by atoms with Gasteiger partial charge in [0.15, 0.2) is 0 Å². The highest BCUT2D eigenvalue weighted by molar-refractivity contribution is 7.98. The second kappa shape index (κ2) is 6.18. The third kappa shape index (κ3) is 3.24. The second-order valence-corrected chi connectivity index (χ2v) is 4.70. The average molecular weight is 227 g/mol. The molecule has 0 aliphatic heterocycles. The standard InChI is InChI=1S/C11H21N3S/c1-9-11(5-6-12-3)10(2)14(13-9)7-8-15-4/h12H,5-8H2,1-4H3. The van der Waals surface area contributed by atoms with Gasteiger partial charge in [-0.25, -0.2) is 0 Å². The zero-order valence-corrected chi connectivity index (χ0v) is 10.9. The summed E-state index contributed by atoms with van der Waals surface area (Å²) in [5, 5.41) is 7.76. The summed E-state index contributed by atoms with van der Waals surface area (Å²) in [6.07, 6.45) is 3.21. The molecule has 4 heteroatoms. The van der Waals surface area contributed by atoms with Crippen LogP contribution in [0.3, 0.4) is 0 Å². The maximum Gasteiger partial charge on any atom is 0.0628 e. The van der Waals surface area contributed by atoms with E-state index in [0.717, 1.165) is 25.3 Å². The van der Waals surface area contributed by atoms with Crippen molar-refractivity contribution in [3.63, 3.8) is 0 Å². The van der Waals surface area contributed by atoms with E-state index >= 15 is 0 Å². The van der Waals surface area contributed by atoms with E-state index in [2.05, 4.69) is 35.2 Å². The normalized spacial score (nSPS) is 10.9. The van der Waals surface area contributed by atoms with E-state index in [1.807, 2.05) is 18.8 Å². The lowest BCUT2D eigenvalue weighted by Gasteiger charge is -2.04. The molecule has 1 aromatic rings. The highest BCUT2D eigenvalue weighted by atomic mass is 32.2. The Hall–Kier alpha value is -0.480. The molecule has 0 aromatic carbocycles. The van der Waals surface area contributed by atoms with Gasteiger partial charge in [0.2, 0.25) is 0 Å². The minimum atomic E-state index is 1.02. The summed E-state index contributed by atoms with van der Waals surface area (Å²) >= 11 is 1.86. The lowest BCUT2D eigenvalue weighted by molar-refractivity contribution is 0.639. The van der Waals surface area contributed by atoms with Gasteiger partial charge in [0, 0.05) is 11.4 Å². The molecule has 1 N–H and O–H groups in total. The van der Waals surface area contributed by atoms with Crippen LogP contribution >= 0.6 is 11.8 Å². The Labute approximate surface area is 96.6 Å². The van der Waals surface area contributed by atoms with Crippen LogP contribution in [0.2, 0.25) is 0 Å². The Morgan fingerprint density at radius 3 is 2.73 bits per heavy atom. The van der Waals surface area contributed by atoms with Crippen molar-refractivity contribution in [1.29, 1.82) is 0 Å². The van der Waals surface area contributed by atoms with Crippen LogP contribution in [-0.2, 0) is 13.0 Å². The van der Waals surface area contributed by atoms with E-state index in [9.17, 15) is 0 Å². The summed E-state index contributed by atoms with van der Waals surface area (Å²) < 4.78 is 2.14. The minimum Gasteiger partial charge on any atom is -0.319 e. The van der Waals surface area contributed by atoms with Gasteiger partial charge in [0.25, 0.3) is 0 Å². The van der Waals surface area contributed by atoms with Gasteiger partial charge in [-0.3, -0.25) is 4.68 Å². The van der Waals surface area contributed by atoms with Gasteiger partial charge in [-0.05, 0) is 45.7 Å². The molecule has 0 aliphatic rings. The molecular formula is C11H21N3S. The molecule has 1 rings (SSSR count). The summed E-state index contributed by atoms with van der Waals surface area (Å²) in [7, 11) is 1.99. The van der Waals surface area contributed by atoms with E-state index in [1.54, 1.807) is 0 Å². The first-order valence-electron chi connectivity index (χ1n) is 5.37. The fraction of sp³-hybridized carbons (Fsp3) is 0.727. The zero-order chi connectivity index (χ0) is 11.3. The quantitative estimate of drug-likeness (QED) is 0.801. The summed E-state index contributed by atoms with van der Waals surface area (Å²) in [5.74, 6) is 1.13. The first-order valence-corrected chi connectivity index (χ1v) is 6.76. The minimum absolute atomic E-state index is 1.02. The van der Waals surface area contributed by atoms with Crippen LogP contribution in [0.5, 0.6) is 0 Å². The summed E-state index contributed by atoms with van der Waals surface area (Å²) in [5.41, 5.74) is 3.92. The molecule has 1 heterocycles. The first-order chi connectivity index (χ1) is 7.20. The maximum atomic E-state index is 4.58. The molecule has 0 aliphatic carbocycles. The molecule has 1 aromatic heterocycles. The summed E-state index contributed by atoms with van der Waals surface area (Å²) in [6, 6.07) is 0. The molecule has 0 spiro atoms. The van der Waals surface area contributed by atoms with Gasteiger partial charge in [-0.2, -0.15) is 16.9 Å². The number of nitrogens with zero attached hydrogens (tertiary/aromatic N) is 2. The Kier molecular flexibility index (Phi) is 5.19. The number of hydrogen-bond acceptors (Lipinski definition) is 3. The molecule has 0 radical (unpaired) electrons. The van der Waals surface area contributed by atoms with Crippen molar-refractivity contribution < 1.29 is 0 Å². The Morgan fingerprint density at radius 1 is 1.40 bits per heavy atom. The highest BCUT2D eigenvalue weighted by Crippen LogP contribution is 2.13. The molecule has 0 saturated heterocycles. The molecule has 0 fully saturated rings. The SMILES string of the molecule is CNCCc1c(C)nn(CCSC)c1C. The van der Waals surface area contributed by atoms with Gasteiger partial charge in [0.05, 0.1) is 12.2 Å².